The average molecular weight is 206 g/mol. The van der Waals surface area contributed by atoms with Crippen LogP contribution < -0.4 is 0 Å². The molecule has 0 atom stereocenters. The van der Waals surface area contributed by atoms with E-state index in [9.17, 15) is 4.79 Å². The minimum atomic E-state index is 0.328. The Kier molecular flexibility index (Phi) is 5.38. The molecule has 0 aliphatic heterocycles. The van der Waals surface area contributed by atoms with Crippen molar-refractivity contribution in [3.8, 4) is 0 Å². The standard InChI is InChI=1S/C14H22O/c1-12(2)7-4-3-5-8-13-9-6-10-14(15)11-13/h4,7,11-12H,3,5-6,8-10H2,1-2H3/b7-4+. The fraction of sp³-hybridized carbons (Fsp3) is 0.643. The van der Waals surface area contributed by atoms with Crippen molar-refractivity contribution < 1.29 is 4.79 Å². The largest absolute Gasteiger partial charge is 0.295 e. The fourth-order valence-corrected chi connectivity index (χ4v) is 1.87. The van der Waals surface area contributed by atoms with Gasteiger partial charge in [0.1, 0.15) is 0 Å². The minimum absolute atomic E-state index is 0.328. The number of unbranched alkanes of at least 4 members (excludes halogenated alkanes) is 1. The van der Waals surface area contributed by atoms with Gasteiger partial charge in [0.25, 0.3) is 0 Å². The maximum Gasteiger partial charge on any atom is 0.155 e. The Morgan fingerprint density at radius 3 is 2.87 bits per heavy atom. The normalized spacial score (nSPS) is 17.5. The van der Waals surface area contributed by atoms with Crippen molar-refractivity contribution >= 4 is 5.78 Å². The Balaban J connectivity index is 2.17. The number of carbonyl (C=O) groups is 1. The molecule has 0 heterocycles. The van der Waals surface area contributed by atoms with Crippen molar-refractivity contribution in [3.63, 3.8) is 0 Å². The molecule has 15 heavy (non-hydrogen) atoms. The molecule has 0 unspecified atom stereocenters. The van der Waals surface area contributed by atoms with E-state index in [1.54, 1.807) is 0 Å². The number of hydrogen-bond acceptors (Lipinski definition) is 1. The molecule has 0 spiro atoms. The van der Waals surface area contributed by atoms with Crippen LogP contribution in [0.15, 0.2) is 23.8 Å². The summed E-state index contributed by atoms with van der Waals surface area (Å²) in [6.45, 7) is 4.39. The van der Waals surface area contributed by atoms with E-state index in [-0.39, 0.29) is 0 Å². The van der Waals surface area contributed by atoms with E-state index in [0.717, 1.165) is 32.1 Å². The molecule has 1 heteroatoms. The van der Waals surface area contributed by atoms with Gasteiger partial charge in [-0.25, -0.2) is 0 Å². The lowest BCUT2D eigenvalue weighted by Gasteiger charge is -2.10. The predicted octanol–water partition coefficient (Wildman–Crippen LogP) is 4.05. The summed E-state index contributed by atoms with van der Waals surface area (Å²) in [4.78, 5) is 11.2. The fourth-order valence-electron chi connectivity index (χ4n) is 1.87. The molecule has 0 aromatic heterocycles. The lowest BCUT2D eigenvalue weighted by molar-refractivity contribution is -0.115. The maximum absolute atomic E-state index is 11.2. The first-order valence-corrected chi connectivity index (χ1v) is 6.07. The van der Waals surface area contributed by atoms with Crippen LogP contribution in [0.3, 0.4) is 0 Å². The summed E-state index contributed by atoms with van der Waals surface area (Å²) in [5.74, 6) is 0.981. The lowest BCUT2D eigenvalue weighted by Crippen LogP contribution is -2.02. The number of ketones is 1. The van der Waals surface area contributed by atoms with Crippen LogP contribution in [0, 0.1) is 5.92 Å². The zero-order valence-electron chi connectivity index (χ0n) is 9.96. The van der Waals surface area contributed by atoms with Gasteiger partial charge in [-0.3, -0.25) is 4.79 Å². The van der Waals surface area contributed by atoms with E-state index in [0.29, 0.717) is 11.7 Å². The Bertz CT molecular complexity index is 259. The van der Waals surface area contributed by atoms with Crippen molar-refractivity contribution in [2.45, 2.75) is 52.4 Å². The Labute approximate surface area is 93.3 Å². The summed E-state index contributed by atoms with van der Waals surface area (Å²) < 4.78 is 0. The third-order valence-corrected chi connectivity index (χ3v) is 2.68. The van der Waals surface area contributed by atoms with Crippen molar-refractivity contribution in [1.82, 2.24) is 0 Å². The van der Waals surface area contributed by atoms with Crippen molar-refractivity contribution in [3.05, 3.63) is 23.8 Å². The summed E-state index contributed by atoms with van der Waals surface area (Å²) in [5, 5.41) is 0. The highest BCUT2D eigenvalue weighted by Gasteiger charge is 2.08. The van der Waals surface area contributed by atoms with Crippen LogP contribution in [0.25, 0.3) is 0 Å². The zero-order valence-corrected chi connectivity index (χ0v) is 9.96. The molecular formula is C14H22O. The highest BCUT2D eigenvalue weighted by atomic mass is 16.1. The first-order chi connectivity index (χ1) is 7.18. The van der Waals surface area contributed by atoms with Gasteiger partial charge < -0.3 is 0 Å². The Morgan fingerprint density at radius 1 is 1.40 bits per heavy atom. The smallest absolute Gasteiger partial charge is 0.155 e. The van der Waals surface area contributed by atoms with E-state index in [1.807, 2.05) is 6.08 Å². The molecule has 0 saturated carbocycles. The van der Waals surface area contributed by atoms with Gasteiger partial charge in [-0.1, -0.05) is 31.6 Å². The van der Waals surface area contributed by atoms with E-state index < -0.39 is 0 Å². The number of rotatable bonds is 5. The number of carbonyl (C=O) groups excluding carboxylic acids is 1. The topological polar surface area (TPSA) is 17.1 Å². The minimum Gasteiger partial charge on any atom is -0.295 e. The molecule has 84 valence electrons. The first-order valence-electron chi connectivity index (χ1n) is 6.07. The van der Waals surface area contributed by atoms with Crippen LogP contribution in [0.5, 0.6) is 0 Å². The molecule has 1 aliphatic rings. The van der Waals surface area contributed by atoms with Crippen LogP contribution >= 0.6 is 0 Å². The van der Waals surface area contributed by atoms with E-state index in [2.05, 4.69) is 26.0 Å². The molecular weight excluding hydrogens is 184 g/mol. The molecule has 0 N–H and O–H groups in total. The van der Waals surface area contributed by atoms with E-state index >= 15 is 0 Å². The number of hydrogen-bond donors (Lipinski definition) is 0. The Hall–Kier alpha value is -0.850. The molecule has 1 nitrogen and oxygen atoms in total. The zero-order chi connectivity index (χ0) is 11.1. The van der Waals surface area contributed by atoms with Gasteiger partial charge >= 0.3 is 0 Å². The van der Waals surface area contributed by atoms with Crippen LogP contribution in [-0.2, 0) is 4.79 Å². The molecule has 0 fully saturated rings. The van der Waals surface area contributed by atoms with E-state index in [1.165, 1.54) is 12.0 Å². The summed E-state index contributed by atoms with van der Waals surface area (Å²) in [6.07, 6.45) is 12.8. The summed E-state index contributed by atoms with van der Waals surface area (Å²) in [5.41, 5.74) is 1.36. The SMILES string of the molecule is CC(C)/C=C/CCCC1=CC(=O)CCC1. The lowest BCUT2D eigenvalue weighted by atomic mass is 9.95. The maximum atomic E-state index is 11.2. The number of allylic oxidation sites excluding steroid dienone is 4. The van der Waals surface area contributed by atoms with Crippen LogP contribution in [0.1, 0.15) is 52.4 Å². The second-order valence-electron chi connectivity index (χ2n) is 4.69. The summed E-state index contributed by atoms with van der Waals surface area (Å²) >= 11 is 0. The van der Waals surface area contributed by atoms with Gasteiger partial charge in [0.2, 0.25) is 0 Å². The van der Waals surface area contributed by atoms with Crippen LogP contribution in [0.2, 0.25) is 0 Å². The second kappa shape index (κ2) is 6.60. The third kappa shape index (κ3) is 5.56. The molecule has 0 saturated heterocycles. The van der Waals surface area contributed by atoms with Crippen LogP contribution in [0.4, 0.5) is 0 Å². The molecule has 1 aliphatic carbocycles. The summed E-state index contributed by atoms with van der Waals surface area (Å²) in [6, 6.07) is 0. The van der Waals surface area contributed by atoms with Gasteiger partial charge in [-0.05, 0) is 44.1 Å². The monoisotopic (exact) mass is 206 g/mol. The van der Waals surface area contributed by atoms with Gasteiger partial charge in [0.15, 0.2) is 5.78 Å². The van der Waals surface area contributed by atoms with Crippen molar-refractivity contribution in [2.24, 2.45) is 5.92 Å². The van der Waals surface area contributed by atoms with Gasteiger partial charge in [-0.15, -0.1) is 0 Å². The highest BCUT2D eigenvalue weighted by molar-refractivity contribution is 5.91. The molecule has 0 amide bonds. The molecule has 1 rings (SSSR count). The third-order valence-electron chi connectivity index (χ3n) is 2.68. The predicted molar refractivity (Wildman–Crippen MR) is 64.8 cm³/mol. The molecule has 0 aromatic carbocycles. The summed E-state index contributed by atoms with van der Waals surface area (Å²) in [7, 11) is 0. The molecule has 0 radical (unpaired) electrons. The average Bonchev–Trinajstić information content (AvgIpc) is 2.17. The van der Waals surface area contributed by atoms with Gasteiger partial charge in [0.05, 0.1) is 0 Å². The second-order valence-corrected chi connectivity index (χ2v) is 4.69. The van der Waals surface area contributed by atoms with E-state index in [4.69, 9.17) is 0 Å². The van der Waals surface area contributed by atoms with Gasteiger partial charge in [-0.2, -0.15) is 0 Å². The molecule has 0 aromatic rings. The first kappa shape index (κ1) is 12.2. The quantitative estimate of drug-likeness (QED) is 0.490. The molecule has 0 bridgehead atoms. The van der Waals surface area contributed by atoms with Crippen molar-refractivity contribution in [2.75, 3.05) is 0 Å². The van der Waals surface area contributed by atoms with Crippen LogP contribution in [-0.4, -0.2) is 5.78 Å². The Morgan fingerprint density at radius 2 is 2.20 bits per heavy atom. The van der Waals surface area contributed by atoms with Crippen molar-refractivity contribution in [1.29, 1.82) is 0 Å². The van der Waals surface area contributed by atoms with Gasteiger partial charge in [0, 0.05) is 6.42 Å². The highest BCUT2D eigenvalue weighted by Crippen LogP contribution is 2.20.